The lowest BCUT2D eigenvalue weighted by Gasteiger charge is -2.54. The lowest BCUT2D eigenvalue weighted by molar-refractivity contribution is 0.0153. The molecule has 2 atom stereocenters. The van der Waals surface area contributed by atoms with Crippen LogP contribution in [0.5, 0.6) is 0 Å². The number of hydrogen-bond acceptors (Lipinski definition) is 0. The third-order valence-electron chi connectivity index (χ3n) is 5.81. The summed E-state index contributed by atoms with van der Waals surface area (Å²) >= 11 is 0. The van der Waals surface area contributed by atoms with Crippen molar-refractivity contribution in [3.63, 3.8) is 0 Å². The van der Waals surface area contributed by atoms with Gasteiger partial charge in [0.25, 0.3) is 0 Å². The van der Waals surface area contributed by atoms with Gasteiger partial charge in [0.2, 0.25) is 0 Å². The van der Waals surface area contributed by atoms with E-state index in [0.29, 0.717) is 10.8 Å². The summed E-state index contributed by atoms with van der Waals surface area (Å²) in [6.07, 6.45) is 11.2. The Balaban J connectivity index is 2.48. The molecule has 2 rings (SSSR count). The molecule has 2 unspecified atom stereocenters. The van der Waals surface area contributed by atoms with Crippen LogP contribution < -0.4 is 0 Å². The average Bonchev–Trinajstić information content (AvgIpc) is 2.32. The predicted molar refractivity (Wildman–Crippen MR) is 85.1 cm³/mol. The molecule has 0 heteroatoms. The Labute approximate surface area is 119 Å². The van der Waals surface area contributed by atoms with Crippen LogP contribution in [0.1, 0.15) is 66.7 Å². The monoisotopic (exact) mass is 258 g/mol. The van der Waals surface area contributed by atoms with Crippen LogP contribution in [0.2, 0.25) is 0 Å². The lowest BCUT2D eigenvalue weighted by atomic mass is 9.50. The number of allylic oxidation sites excluding steroid dienone is 5. The van der Waals surface area contributed by atoms with E-state index in [1.165, 1.54) is 37.7 Å². The molecule has 0 radical (unpaired) electrons. The Kier molecular flexibility index (Phi) is 3.82. The first-order valence-corrected chi connectivity index (χ1v) is 7.82. The predicted octanol–water partition coefficient (Wildman–Crippen LogP) is 6.06. The Morgan fingerprint density at radius 1 is 1.26 bits per heavy atom. The molecule has 2 aliphatic rings. The van der Waals surface area contributed by atoms with Crippen molar-refractivity contribution in [2.45, 2.75) is 66.7 Å². The maximum atomic E-state index is 3.92. The van der Waals surface area contributed by atoms with Gasteiger partial charge in [-0.05, 0) is 61.9 Å². The lowest BCUT2D eigenvalue weighted by Crippen LogP contribution is -2.45. The van der Waals surface area contributed by atoms with Gasteiger partial charge in [-0.15, -0.1) is 0 Å². The molecule has 0 aromatic carbocycles. The molecule has 0 aromatic heterocycles. The molecular weight excluding hydrogens is 228 g/mol. The normalized spacial score (nSPS) is 35.0. The van der Waals surface area contributed by atoms with Crippen molar-refractivity contribution in [2.75, 3.05) is 0 Å². The molecule has 0 amide bonds. The number of fused-ring (bicyclic) bond motifs is 1. The van der Waals surface area contributed by atoms with Crippen molar-refractivity contribution in [2.24, 2.45) is 16.7 Å². The topological polar surface area (TPSA) is 0 Å². The molecule has 0 bridgehead atoms. The Morgan fingerprint density at radius 2 is 1.95 bits per heavy atom. The maximum absolute atomic E-state index is 3.92. The highest BCUT2D eigenvalue weighted by atomic mass is 14.5. The standard InChI is InChI=1S/C19H30/c1-7-14(2)13-16-15(3)9-10-17-18(4,5)11-8-12-19(16,17)6/h7,13,17H,1,8-12H2,2-6H3/b14-13-. The highest BCUT2D eigenvalue weighted by Gasteiger charge is 2.49. The first kappa shape index (κ1) is 14.6. The summed E-state index contributed by atoms with van der Waals surface area (Å²) in [7, 11) is 0. The van der Waals surface area contributed by atoms with Gasteiger partial charge >= 0.3 is 0 Å². The Hall–Kier alpha value is -0.780. The fraction of sp³-hybridized carbons (Fsp3) is 0.684. The van der Waals surface area contributed by atoms with Gasteiger partial charge in [-0.25, -0.2) is 0 Å². The molecule has 2 aliphatic carbocycles. The largest absolute Gasteiger partial charge is 0.0988 e. The molecule has 1 fully saturated rings. The zero-order chi connectivity index (χ0) is 14.3. The molecule has 106 valence electrons. The molecule has 0 spiro atoms. The first-order chi connectivity index (χ1) is 8.81. The second-order valence-electron chi connectivity index (χ2n) is 7.64. The number of rotatable bonds is 2. The van der Waals surface area contributed by atoms with E-state index in [4.69, 9.17) is 0 Å². The third kappa shape index (κ3) is 2.47. The number of hydrogen-bond donors (Lipinski definition) is 0. The van der Waals surface area contributed by atoms with Crippen LogP contribution in [-0.4, -0.2) is 0 Å². The van der Waals surface area contributed by atoms with E-state index in [1.54, 1.807) is 11.1 Å². The zero-order valence-corrected chi connectivity index (χ0v) is 13.5. The molecule has 0 aliphatic heterocycles. The second kappa shape index (κ2) is 4.96. The van der Waals surface area contributed by atoms with Crippen molar-refractivity contribution < 1.29 is 0 Å². The van der Waals surface area contributed by atoms with Gasteiger partial charge in [-0.2, -0.15) is 0 Å². The quantitative estimate of drug-likeness (QED) is 0.528. The van der Waals surface area contributed by atoms with Crippen molar-refractivity contribution in [3.05, 3.63) is 35.5 Å². The highest BCUT2D eigenvalue weighted by Crippen LogP contribution is 2.59. The van der Waals surface area contributed by atoms with Crippen molar-refractivity contribution >= 4 is 0 Å². The summed E-state index contributed by atoms with van der Waals surface area (Å²) in [6, 6.07) is 0. The van der Waals surface area contributed by atoms with Crippen LogP contribution in [0.4, 0.5) is 0 Å². The molecule has 1 saturated carbocycles. The van der Waals surface area contributed by atoms with E-state index in [2.05, 4.69) is 47.3 Å². The molecule has 0 saturated heterocycles. The molecule has 0 nitrogen and oxygen atoms in total. The van der Waals surface area contributed by atoms with Crippen LogP contribution in [0, 0.1) is 16.7 Å². The van der Waals surface area contributed by atoms with Crippen molar-refractivity contribution in [3.8, 4) is 0 Å². The SMILES string of the molecule is C=C/C(C)=C\C1=C(C)CCC2C(C)(C)CCCC12C. The van der Waals surface area contributed by atoms with Gasteiger partial charge in [0.1, 0.15) is 0 Å². The third-order valence-corrected chi connectivity index (χ3v) is 5.81. The van der Waals surface area contributed by atoms with Crippen LogP contribution in [-0.2, 0) is 0 Å². The minimum Gasteiger partial charge on any atom is -0.0988 e. The molecular formula is C19H30. The molecule has 0 heterocycles. The van der Waals surface area contributed by atoms with E-state index in [9.17, 15) is 0 Å². The van der Waals surface area contributed by atoms with Crippen molar-refractivity contribution in [1.29, 1.82) is 0 Å². The molecule has 0 N–H and O–H groups in total. The Morgan fingerprint density at radius 3 is 2.58 bits per heavy atom. The van der Waals surface area contributed by atoms with Crippen LogP contribution in [0.15, 0.2) is 35.5 Å². The fourth-order valence-electron chi connectivity index (χ4n) is 4.71. The van der Waals surface area contributed by atoms with E-state index >= 15 is 0 Å². The Bertz CT molecular complexity index is 433. The van der Waals surface area contributed by atoms with Crippen molar-refractivity contribution in [1.82, 2.24) is 0 Å². The van der Waals surface area contributed by atoms with Gasteiger partial charge in [0.15, 0.2) is 0 Å². The smallest absolute Gasteiger partial charge is 0.00423 e. The maximum Gasteiger partial charge on any atom is -0.00423 e. The molecule has 19 heavy (non-hydrogen) atoms. The summed E-state index contributed by atoms with van der Waals surface area (Å²) in [5, 5.41) is 0. The summed E-state index contributed by atoms with van der Waals surface area (Å²) in [6.45, 7) is 15.9. The van der Waals surface area contributed by atoms with Crippen LogP contribution in [0.3, 0.4) is 0 Å². The minimum absolute atomic E-state index is 0.383. The van der Waals surface area contributed by atoms with Crippen LogP contribution >= 0.6 is 0 Å². The summed E-state index contributed by atoms with van der Waals surface area (Å²) in [5.41, 5.74) is 5.41. The summed E-state index contributed by atoms with van der Waals surface area (Å²) in [5.74, 6) is 0.835. The average molecular weight is 258 g/mol. The zero-order valence-electron chi connectivity index (χ0n) is 13.5. The van der Waals surface area contributed by atoms with E-state index in [1.807, 2.05) is 6.08 Å². The van der Waals surface area contributed by atoms with Gasteiger partial charge in [0.05, 0.1) is 0 Å². The van der Waals surface area contributed by atoms with Gasteiger partial charge in [-0.3, -0.25) is 0 Å². The minimum atomic E-state index is 0.383. The second-order valence-corrected chi connectivity index (χ2v) is 7.64. The van der Waals surface area contributed by atoms with Gasteiger partial charge < -0.3 is 0 Å². The van der Waals surface area contributed by atoms with E-state index in [0.717, 1.165) is 5.92 Å². The van der Waals surface area contributed by atoms with Gasteiger partial charge in [-0.1, -0.05) is 57.1 Å². The first-order valence-electron chi connectivity index (χ1n) is 7.82. The van der Waals surface area contributed by atoms with E-state index in [-0.39, 0.29) is 0 Å². The summed E-state index contributed by atoms with van der Waals surface area (Å²) in [4.78, 5) is 0. The highest BCUT2D eigenvalue weighted by molar-refractivity contribution is 5.39. The summed E-state index contributed by atoms with van der Waals surface area (Å²) < 4.78 is 0. The molecule has 0 aromatic rings. The fourth-order valence-corrected chi connectivity index (χ4v) is 4.71. The van der Waals surface area contributed by atoms with Gasteiger partial charge in [0, 0.05) is 0 Å². The van der Waals surface area contributed by atoms with E-state index < -0.39 is 0 Å². The van der Waals surface area contributed by atoms with Crippen LogP contribution in [0.25, 0.3) is 0 Å².